The van der Waals surface area contributed by atoms with Gasteiger partial charge in [0.05, 0.1) is 15.5 Å². The summed E-state index contributed by atoms with van der Waals surface area (Å²) in [5.41, 5.74) is 0.474. The molecule has 112 valence electrons. The molecule has 0 aromatic heterocycles. The smallest absolute Gasteiger partial charge is 0.187 e. The van der Waals surface area contributed by atoms with Crippen molar-refractivity contribution in [1.82, 2.24) is 0 Å². The van der Waals surface area contributed by atoms with Gasteiger partial charge in [-0.25, -0.2) is 8.42 Å². The van der Waals surface area contributed by atoms with Crippen LogP contribution in [0.2, 0.25) is 0 Å². The molecule has 2 aromatic carbocycles. The zero-order valence-corrected chi connectivity index (χ0v) is 14.0. The predicted molar refractivity (Wildman–Crippen MR) is 86.5 cm³/mol. The molecule has 0 amide bonds. The second-order valence-corrected chi connectivity index (χ2v) is 10.0. The number of rotatable bonds is 2. The Morgan fingerprint density at radius 1 is 1.10 bits per heavy atom. The summed E-state index contributed by atoms with van der Waals surface area (Å²) in [7, 11) is -6.73. The van der Waals surface area contributed by atoms with Crippen molar-refractivity contribution in [1.29, 1.82) is 0 Å². The molecule has 0 spiro atoms. The van der Waals surface area contributed by atoms with Crippen LogP contribution in [0.3, 0.4) is 0 Å². The molecule has 1 aliphatic heterocycles. The third-order valence-electron chi connectivity index (χ3n) is 3.50. The lowest BCUT2D eigenvalue weighted by atomic mass is 10.2. The first kappa shape index (κ1) is 15.1. The Kier molecular flexibility index (Phi) is 3.66. The highest BCUT2D eigenvalue weighted by atomic mass is 79.9. The van der Waals surface area contributed by atoms with Crippen LogP contribution in [0.1, 0.15) is 10.8 Å². The minimum Gasteiger partial charge on any atom is -0.295 e. The van der Waals surface area contributed by atoms with Crippen LogP contribution in [0, 0.1) is 0 Å². The summed E-state index contributed by atoms with van der Waals surface area (Å²) in [6, 6.07) is 13.1. The lowest BCUT2D eigenvalue weighted by Crippen LogP contribution is -2.15. The van der Waals surface area contributed by atoms with Crippen molar-refractivity contribution in [2.24, 2.45) is 0 Å². The van der Waals surface area contributed by atoms with E-state index in [1.807, 2.05) is 0 Å². The summed E-state index contributed by atoms with van der Waals surface area (Å²) in [4.78, 5) is 0.516. The standard InChI is InChI=1S/C14H13BrO4S2/c15-10-6-7-12-13(8-10)20(16,17)9-14(12)21(18,19)11-4-2-1-3-5-11/h1-8,14,16-17H,9H2. The van der Waals surface area contributed by atoms with E-state index in [2.05, 4.69) is 15.9 Å². The van der Waals surface area contributed by atoms with Gasteiger partial charge in [-0.2, -0.15) is 10.6 Å². The van der Waals surface area contributed by atoms with Gasteiger partial charge in [-0.3, -0.25) is 9.11 Å². The van der Waals surface area contributed by atoms with E-state index in [1.54, 1.807) is 36.4 Å². The number of benzene rings is 2. The van der Waals surface area contributed by atoms with Crippen molar-refractivity contribution in [2.75, 3.05) is 5.75 Å². The largest absolute Gasteiger partial charge is 0.295 e. The normalized spacial score (nSPS) is 21.8. The Morgan fingerprint density at radius 3 is 2.43 bits per heavy atom. The van der Waals surface area contributed by atoms with Gasteiger partial charge in [-0.05, 0) is 29.8 Å². The molecule has 3 rings (SSSR count). The Bertz CT molecular complexity index is 788. The van der Waals surface area contributed by atoms with Crippen LogP contribution in [0.25, 0.3) is 0 Å². The predicted octanol–water partition coefficient (Wildman–Crippen LogP) is 4.09. The van der Waals surface area contributed by atoms with E-state index in [-0.39, 0.29) is 10.6 Å². The van der Waals surface area contributed by atoms with E-state index in [0.717, 1.165) is 0 Å². The number of fused-ring (bicyclic) bond motifs is 1. The van der Waals surface area contributed by atoms with Gasteiger partial charge in [0.1, 0.15) is 5.25 Å². The first-order valence-electron chi connectivity index (χ1n) is 6.17. The Hall–Kier alpha value is -0.860. The van der Waals surface area contributed by atoms with Gasteiger partial charge in [0.25, 0.3) is 0 Å². The highest BCUT2D eigenvalue weighted by Gasteiger charge is 2.42. The van der Waals surface area contributed by atoms with Gasteiger partial charge in [0.15, 0.2) is 9.84 Å². The molecular formula is C14H13BrO4S2. The Labute approximate surface area is 133 Å². The molecule has 0 saturated heterocycles. The van der Waals surface area contributed by atoms with E-state index in [0.29, 0.717) is 14.9 Å². The summed E-state index contributed by atoms with van der Waals surface area (Å²) in [6.07, 6.45) is 0. The molecular weight excluding hydrogens is 376 g/mol. The molecule has 0 saturated carbocycles. The molecule has 0 bridgehead atoms. The van der Waals surface area contributed by atoms with E-state index in [4.69, 9.17) is 0 Å². The van der Waals surface area contributed by atoms with Crippen LogP contribution in [0.4, 0.5) is 0 Å². The van der Waals surface area contributed by atoms with Gasteiger partial charge in [-0.1, -0.05) is 40.2 Å². The van der Waals surface area contributed by atoms with E-state index in [1.165, 1.54) is 12.1 Å². The molecule has 1 heterocycles. The zero-order chi connectivity index (χ0) is 15.3. The summed E-state index contributed by atoms with van der Waals surface area (Å²) in [5.74, 6) is -0.185. The maximum atomic E-state index is 12.7. The van der Waals surface area contributed by atoms with Gasteiger partial charge in [-0.15, -0.1) is 0 Å². The van der Waals surface area contributed by atoms with Crippen molar-refractivity contribution in [3.63, 3.8) is 0 Å². The van der Waals surface area contributed by atoms with Crippen LogP contribution in [-0.4, -0.2) is 23.3 Å². The summed E-state index contributed by atoms with van der Waals surface area (Å²) in [6.45, 7) is 0. The average molecular weight is 389 g/mol. The Morgan fingerprint density at radius 2 is 1.76 bits per heavy atom. The van der Waals surface area contributed by atoms with Crippen molar-refractivity contribution in [2.45, 2.75) is 15.0 Å². The molecule has 1 atom stereocenters. The fraction of sp³-hybridized carbons (Fsp3) is 0.143. The van der Waals surface area contributed by atoms with Crippen molar-refractivity contribution >= 4 is 36.4 Å². The molecule has 2 N–H and O–H groups in total. The van der Waals surface area contributed by atoms with Crippen LogP contribution in [0.15, 0.2) is 62.8 Å². The van der Waals surface area contributed by atoms with Crippen LogP contribution in [0.5, 0.6) is 0 Å². The third kappa shape index (κ3) is 2.53. The monoisotopic (exact) mass is 388 g/mol. The first-order valence-corrected chi connectivity index (χ1v) is 10.2. The van der Waals surface area contributed by atoms with Crippen LogP contribution >= 0.6 is 26.5 Å². The highest BCUT2D eigenvalue weighted by molar-refractivity contribution is 9.10. The number of hydrogen-bond donors (Lipinski definition) is 2. The molecule has 1 unspecified atom stereocenters. The molecule has 21 heavy (non-hydrogen) atoms. The molecule has 7 heteroatoms. The minimum atomic E-state index is -3.65. The SMILES string of the molecule is O=S(=O)(c1ccccc1)C1CS(O)(O)c2cc(Br)ccc21. The molecule has 0 radical (unpaired) electrons. The van der Waals surface area contributed by atoms with Crippen molar-refractivity contribution in [3.05, 3.63) is 58.6 Å². The average Bonchev–Trinajstić information content (AvgIpc) is 2.72. The number of hydrogen-bond acceptors (Lipinski definition) is 4. The fourth-order valence-corrected chi connectivity index (χ4v) is 7.44. The third-order valence-corrected chi connectivity index (χ3v) is 8.16. The summed E-state index contributed by atoms with van der Waals surface area (Å²) in [5, 5.41) is -0.923. The maximum absolute atomic E-state index is 12.7. The van der Waals surface area contributed by atoms with E-state index in [9.17, 15) is 17.5 Å². The van der Waals surface area contributed by atoms with Crippen molar-refractivity contribution in [3.8, 4) is 0 Å². The van der Waals surface area contributed by atoms with Gasteiger partial charge in [0.2, 0.25) is 0 Å². The summed E-state index contributed by atoms with van der Waals surface area (Å²) < 4.78 is 46.6. The highest BCUT2D eigenvalue weighted by Crippen LogP contribution is 2.61. The second-order valence-electron chi connectivity index (χ2n) is 4.86. The maximum Gasteiger partial charge on any atom is 0.187 e. The molecule has 1 aliphatic rings. The first-order chi connectivity index (χ1) is 9.82. The Balaban J connectivity index is 2.15. The minimum absolute atomic E-state index is 0.185. The van der Waals surface area contributed by atoms with E-state index < -0.39 is 25.7 Å². The fourth-order valence-electron chi connectivity index (χ4n) is 2.48. The molecule has 0 aliphatic carbocycles. The van der Waals surface area contributed by atoms with Crippen molar-refractivity contribution < 1.29 is 17.5 Å². The number of sulfone groups is 1. The van der Waals surface area contributed by atoms with Gasteiger partial charge < -0.3 is 0 Å². The van der Waals surface area contributed by atoms with Crippen LogP contribution < -0.4 is 0 Å². The molecule has 0 fully saturated rings. The van der Waals surface area contributed by atoms with E-state index >= 15 is 0 Å². The zero-order valence-electron chi connectivity index (χ0n) is 10.8. The lowest BCUT2D eigenvalue weighted by Gasteiger charge is -2.27. The van der Waals surface area contributed by atoms with Gasteiger partial charge >= 0.3 is 0 Å². The molecule has 4 nitrogen and oxygen atoms in total. The quantitative estimate of drug-likeness (QED) is 0.812. The molecule has 2 aromatic rings. The lowest BCUT2D eigenvalue weighted by molar-refractivity contribution is 0.491. The van der Waals surface area contributed by atoms with Gasteiger partial charge in [0, 0.05) is 4.47 Å². The number of halogens is 1. The summed E-state index contributed by atoms with van der Waals surface area (Å²) >= 11 is 3.27. The second kappa shape index (κ2) is 5.10. The van der Waals surface area contributed by atoms with Crippen LogP contribution in [-0.2, 0) is 9.84 Å². The topological polar surface area (TPSA) is 74.6 Å².